The predicted octanol–water partition coefficient (Wildman–Crippen LogP) is 3.38. The first-order chi connectivity index (χ1) is 8.13. The average molecular weight is 245 g/mol. The third-order valence-corrected chi connectivity index (χ3v) is 3.16. The molecule has 0 saturated heterocycles. The molecule has 2 heterocycles. The summed E-state index contributed by atoms with van der Waals surface area (Å²) in [6, 6.07) is 3.94. The normalized spacial score (nSPS) is 10.5. The van der Waals surface area contributed by atoms with E-state index >= 15 is 0 Å². The summed E-state index contributed by atoms with van der Waals surface area (Å²) < 4.78 is 0.670. The van der Waals surface area contributed by atoms with Gasteiger partial charge in [-0.1, -0.05) is 25.2 Å². The van der Waals surface area contributed by atoms with Crippen molar-refractivity contribution in [2.75, 3.05) is 0 Å². The van der Waals surface area contributed by atoms with E-state index in [9.17, 15) is 0 Å². The van der Waals surface area contributed by atoms with E-state index in [1.165, 1.54) is 0 Å². The minimum Gasteiger partial charge on any atom is -0.342 e. The van der Waals surface area contributed by atoms with E-state index in [0.717, 1.165) is 34.8 Å². The van der Waals surface area contributed by atoms with E-state index in [0.29, 0.717) is 4.64 Å². The van der Waals surface area contributed by atoms with Crippen molar-refractivity contribution < 1.29 is 0 Å². The molecule has 2 rings (SSSR count). The molecule has 0 aliphatic carbocycles. The maximum absolute atomic E-state index is 5.31. The van der Waals surface area contributed by atoms with Crippen LogP contribution in [-0.2, 0) is 6.42 Å². The maximum Gasteiger partial charge on any atom is 0.158 e. The Hall–Kier alpha value is -1.55. The topological polar surface area (TPSA) is 41.6 Å². The minimum absolute atomic E-state index is 0.670. The van der Waals surface area contributed by atoms with E-state index < -0.39 is 0 Å². The molecule has 0 unspecified atom stereocenters. The summed E-state index contributed by atoms with van der Waals surface area (Å²) in [5.41, 5.74) is 4.14. The third kappa shape index (κ3) is 2.26. The number of aromatic amines is 1. The molecule has 1 N–H and O–H groups in total. The number of hydrogen-bond donors (Lipinski definition) is 1. The van der Waals surface area contributed by atoms with Gasteiger partial charge in [-0.2, -0.15) is 0 Å². The minimum atomic E-state index is 0.670. The van der Waals surface area contributed by atoms with Gasteiger partial charge in [-0.15, -0.1) is 0 Å². The summed E-state index contributed by atoms with van der Waals surface area (Å²) in [5.74, 6) is 0.753. The van der Waals surface area contributed by atoms with E-state index in [2.05, 4.69) is 21.9 Å². The van der Waals surface area contributed by atoms with Gasteiger partial charge < -0.3 is 4.98 Å². The van der Waals surface area contributed by atoms with Crippen molar-refractivity contribution in [1.82, 2.24) is 15.0 Å². The first kappa shape index (κ1) is 11.9. The van der Waals surface area contributed by atoms with Crippen LogP contribution in [0, 0.1) is 18.5 Å². The number of H-pyrrole nitrogens is 1. The molecule has 0 saturated carbocycles. The highest BCUT2D eigenvalue weighted by atomic mass is 32.1. The number of aromatic nitrogens is 3. The van der Waals surface area contributed by atoms with Crippen molar-refractivity contribution in [2.45, 2.75) is 27.2 Å². The lowest BCUT2D eigenvalue weighted by Crippen LogP contribution is -2.01. The molecule has 2 aromatic heterocycles. The zero-order valence-electron chi connectivity index (χ0n) is 10.2. The second-order valence-corrected chi connectivity index (χ2v) is 4.40. The molecule has 0 aromatic carbocycles. The summed E-state index contributed by atoms with van der Waals surface area (Å²) in [6.45, 7) is 6.13. The zero-order chi connectivity index (χ0) is 12.4. The van der Waals surface area contributed by atoms with Gasteiger partial charge in [0.25, 0.3) is 0 Å². The van der Waals surface area contributed by atoms with Gasteiger partial charge in [0.1, 0.15) is 10.3 Å². The van der Waals surface area contributed by atoms with Gasteiger partial charge >= 0.3 is 0 Å². The fourth-order valence-electron chi connectivity index (χ4n) is 1.87. The molecular formula is C13H15N3S. The first-order valence-corrected chi connectivity index (χ1v) is 6.06. The van der Waals surface area contributed by atoms with Crippen molar-refractivity contribution in [3.8, 4) is 11.5 Å². The van der Waals surface area contributed by atoms with Gasteiger partial charge in [-0.25, -0.2) is 4.98 Å². The zero-order valence-corrected chi connectivity index (χ0v) is 11.1. The van der Waals surface area contributed by atoms with Gasteiger partial charge in [0.2, 0.25) is 0 Å². The van der Waals surface area contributed by atoms with E-state index in [4.69, 9.17) is 12.2 Å². The van der Waals surface area contributed by atoms with E-state index in [1.807, 2.05) is 26.0 Å². The van der Waals surface area contributed by atoms with Crippen LogP contribution in [-0.4, -0.2) is 15.0 Å². The predicted molar refractivity (Wildman–Crippen MR) is 71.5 cm³/mol. The van der Waals surface area contributed by atoms with Crippen LogP contribution in [0.2, 0.25) is 0 Å². The van der Waals surface area contributed by atoms with Crippen LogP contribution in [0.5, 0.6) is 0 Å². The van der Waals surface area contributed by atoms with Crippen LogP contribution >= 0.6 is 12.2 Å². The fraction of sp³-hybridized carbons (Fsp3) is 0.308. The molecule has 0 radical (unpaired) electrons. The molecule has 0 fully saturated rings. The summed E-state index contributed by atoms with van der Waals surface area (Å²) in [5, 5.41) is 0. The molecule has 0 amide bonds. The second kappa shape index (κ2) is 4.75. The molecule has 2 aromatic rings. The molecule has 0 aliphatic rings. The lowest BCUT2D eigenvalue weighted by molar-refractivity contribution is 0.980. The fourth-order valence-corrected chi connectivity index (χ4v) is 2.26. The Balaban J connectivity index is 2.63. The lowest BCUT2D eigenvalue weighted by Gasteiger charge is -2.08. The summed E-state index contributed by atoms with van der Waals surface area (Å²) in [6.07, 6.45) is 2.67. The third-order valence-electron chi connectivity index (χ3n) is 2.82. The highest BCUT2D eigenvalue weighted by molar-refractivity contribution is 7.71. The average Bonchev–Trinajstić information content (AvgIpc) is 2.29. The van der Waals surface area contributed by atoms with Crippen LogP contribution in [0.3, 0.4) is 0 Å². The van der Waals surface area contributed by atoms with E-state index in [-0.39, 0.29) is 0 Å². The standard InChI is InChI=1S/C13H15N3S/c1-4-10-9(3)15-12(16-13(10)17)11-8(2)6-5-7-14-11/h5-7H,4H2,1-3H3,(H,15,16,17). The van der Waals surface area contributed by atoms with Crippen molar-refractivity contribution in [3.63, 3.8) is 0 Å². The molecule has 4 heteroatoms. The van der Waals surface area contributed by atoms with Crippen molar-refractivity contribution in [1.29, 1.82) is 0 Å². The highest BCUT2D eigenvalue weighted by Crippen LogP contribution is 2.18. The van der Waals surface area contributed by atoms with Crippen LogP contribution in [0.1, 0.15) is 23.7 Å². The molecule has 17 heavy (non-hydrogen) atoms. The Morgan fingerprint density at radius 1 is 1.35 bits per heavy atom. The van der Waals surface area contributed by atoms with E-state index in [1.54, 1.807) is 6.20 Å². The summed E-state index contributed by atoms with van der Waals surface area (Å²) in [4.78, 5) is 12.1. The highest BCUT2D eigenvalue weighted by Gasteiger charge is 2.08. The Kier molecular flexibility index (Phi) is 3.33. The first-order valence-electron chi connectivity index (χ1n) is 5.65. The van der Waals surface area contributed by atoms with Crippen LogP contribution in [0.15, 0.2) is 18.3 Å². The Morgan fingerprint density at radius 3 is 2.71 bits per heavy atom. The van der Waals surface area contributed by atoms with Crippen molar-refractivity contribution >= 4 is 12.2 Å². The second-order valence-electron chi connectivity index (χ2n) is 4.02. The quantitative estimate of drug-likeness (QED) is 0.825. The smallest absolute Gasteiger partial charge is 0.158 e. The van der Waals surface area contributed by atoms with Crippen LogP contribution < -0.4 is 0 Å². The van der Waals surface area contributed by atoms with Gasteiger partial charge in [0.15, 0.2) is 5.82 Å². The number of nitrogens with zero attached hydrogens (tertiary/aromatic N) is 2. The number of rotatable bonds is 2. The Labute approximate surface area is 106 Å². The Morgan fingerprint density at radius 2 is 2.12 bits per heavy atom. The molecule has 0 atom stereocenters. The largest absolute Gasteiger partial charge is 0.342 e. The van der Waals surface area contributed by atoms with Gasteiger partial charge in [0, 0.05) is 17.5 Å². The van der Waals surface area contributed by atoms with Gasteiger partial charge in [-0.3, -0.25) is 4.98 Å². The maximum atomic E-state index is 5.31. The molecule has 0 aliphatic heterocycles. The molecule has 0 spiro atoms. The molecule has 88 valence electrons. The number of nitrogens with one attached hydrogen (secondary N) is 1. The lowest BCUT2D eigenvalue weighted by atomic mass is 10.1. The summed E-state index contributed by atoms with van der Waals surface area (Å²) in [7, 11) is 0. The number of hydrogen-bond acceptors (Lipinski definition) is 3. The molecule has 0 bridgehead atoms. The number of aryl methyl sites for hydroxylation is 2. The van der Waals surface area contributed by atoms with Gasteiger partial charge in [-0.05, 0) is 31.9 Å². The SMILES string of the molecule is CCc1c(C)[nH]c(-c2ncccc2C)nc1=S. The number of pyridine rings is 1. The summed E-state index contributed by atoms with van der Waals surface area (Å²) >= 11 is 5.31. The Bertz CT molecular complexity index is 602. The van der Waals surface area contributed by atoms with Crippen LogP contribution in [0.25, 0.3) is 11.5 Å². The molecular weight excluding hydrogens is 230 g/mol. The molecule has 3 nitrogen and oxygen atoms in total. The van der Waals surface area contributed by atoms with Crippen molar-refractivity contribution in [3.05, 3.63) is 39.8 Å². The van der Waals surface area contributed by atoms with Gasteiger partial charge in [0.05, 0.1) is 0 Å². The monoisotopic (exact) mass is 245 g/mol. The van der Waals surface area contributed by atoms with Crippen molar-refractivity contribution in [2.24, 2.45) is 0 Å². The van der Waals surface area contributed by atoms with Crippen LogP contribution in [0.4, 0.5) is 0 Å².